The Morgan fingerprint density at radius 2 is 1.81 bits per heavy atom. The third kappa shape index (κ3) is 3.95. The molecule has 1 heterocycles. The highest BCUT2D eigenvalue weighted by atomic mass is 35.5. The van der Waals surface area contributed by atoms with Crippen molar-refractivity contribution in [3.63, 3.8) is 0 Å². The molecule has 0 atom stereocenters. The lowest BCUT2D eigenvalue weighted by molar-refractivity contribution is -0.138. The molecule has 7 heteroatoms. The van der Waals surface area contributed by atoms with Gasteiger partial charge in [0.2, 0.25) is 0 Å². The van der Waals surface area contributed by atoms with Gasteiger partial charge in [-0.05, 0) is 29.8 Å². The summed E-state index contributed by atoms with van der Waals surface area (Å²) in [5.41, 5.74) is 0.418. The van der Waals surface area contributed by atoms with E-state index in [1.54, 1.807) is 0 Å². The summed E-state index contributed by atoms with van der Waals surface area (Å²) in [6.45, 7) is 0. The van der Waals surface area contributed by atoms with E-state index in [9.17, 15) is 18.0 Å². The Kier molecular flexibility index (Phi) is 4.18. The Balaban J connectivity index is 2.37. The molecule has 1 aromatic heterocycles. The summed E-state index contributed by atoms with van der Waals surface area (Å²) >= 11 is 5.80. The number of carboxylic acids is 1. The zero-order valence-corrected chi connectivity index (χ0v) is 11.2. The van der Waals surface area contributed by atoms with E-state index in [1.807, 2.05) is 0 Å². The van der Waals surface area contributed by atoms with E-state index < -0.39 is 17.7 Å². The van der Waals surface area contributed by atoms with Crippen LogP contribution in [0.4, 0.5) is 13.2 Å². The minimum absolute atomic E-state index is 0.0867. The van der Waals surface area contributed by atoms with Crippen LogP contribution in [0.15, 0.2) is 36.4 Å². The van der Waals surface area contributed by atoms with Gasteiger partial charge in [-0.1, -0.05) is 23.7 Å². The normalized spacial score (nSPS) is 11.4. The molecule has 0 saturated carbocycles. The van der Waals surface area contributed by atoms with Gasteiger partial charge in [-0.2, -0.15) is 13.2 Å². The number of pyridine rings is 1. The van der Waals surface area contributed by atoms with Crippen LogP contribution < -0.4 is 0 Å². The number of aliphatic carboxylic acids is 1. The van der Waals surface area contributed by atoms with Crippen LogP contribution in [0.1, 0.15) is 11.1 Å². The molecule has 0 unspecified atom stereocenters. The fourth-order valence-corrected chi connectivity index (χ4v) is 2.04. The predicted molar refractivity (Wildman–Crippen MR) is 71.0 cm³/mol. The number of halogens is 4. The minimum atomic E-state index is -4.41. The first kappa shape index (κ1) is 15.3. The summed E-state index contributed by atoms with van der Waals surface area (Å²) in [7, 11) is 0. The van der Waals surface area contributed by atoms with E-state index in [-0.39, 0.29) is 11.6 Å². The van der Waals surface area contributed by atoms with Crippen LogP contribution in [-0.4, -0.2) is 16.1 Å². The highest BCUT2D eigenvalue weighted by Crippen LogP contribution is 2.31. The van der Waals surface area contributed by atoms with Crippen molar-refractivity contribution in [1.29, 1.82) is 0 Å². The van der Waals surface area contributed by atoms with Gasteiger partial charge in [0, 0.05) is 5.56 Å². The number of hydrogen-bond acceptors (Lipinski definition) is 2. The molecule has 2 aromatic rings. The van der Waals surface area contributed by atoms with E-state index >= 15 is 0 Å². The minimum Gasteiger partial charge on any atom is -0.481 e. The Morgan fingerprint density at radius 3 is 2.33 bits per heavy atom. The zero-order chi connectivity index (χ0) is 15.6. The lowest BCUT2D eigenvalue weighted by Gasteiger charge is -2.08. The highest BCUT2D eigenvalue weighted by Gasteiger charge is 2.30. The zero-order valence-electron chi connectivity index (χ0n) is 10.5. The average molecular weight is 316 g/mol. The van der Waals surface area contributed by atoms with Gasteiger partial charge in [-0.3, -0.25) is 4.79 Å². The molecule has 0 radical (unpaired) electrons. The van der Waals surface area contributed by atoms with Crippen LogP contribution in [0.5, 0.6) is 0 Å². The first-order chi connectivity index (χ1) is 9.75. The van der Waals surface area contributed by atoms with Crippen molar-refractivity contribution < 1.29 is 23.1 Å². The molecule has 1 N–H and O–H groups in total. The summed E-state index contributed by atoms with van der Waals surface area (Å²) in [5.74, 6) is -1.03. The lowest BCUT2D eigenvalue weighted by atomic mass is 10.1. The summed E-state index contributed by atoms with van der Waals surface area (Å²) in [6.07, 6.45) is -4.65. The summed E-state index contributed by atoms with van der Waals surface area (Å²) < 4.78 is 37.5. The number of alkyl halides is 3. The molecule has 0 saturated heterocycles. The lowest BCUT2D eigenvalue weighted by Crippen LogP contribution is -2.04. The van der Waals surface area contributed by atoms with Crippen molar-refractivity contribution in [2.24, 2.45) is 0 Å². The van der Waals surface area contributed by atoms with Crippen LogP contribution in [0.3, 0.4) is 0 Å². The number of nitrogens with zero attached hydrogens (tertiary/aromatic N) is 1. The number of rotatable bonds is 3. The van der Waals surface area contributed by atoms with Gasteiger partial charge in [-0.25, -0.2) is 4.98 Å². The molecule has 21 heavy (non-hydrogen) atoms. The second-order valence-corrected chi connectivity index (χ2v) is 4.72. The second kappa shape index (κ2) is 5.73. The fourth-order valence-electron chi connectivity index (χ4n) is 1.80. The quantitative estimate of drug-likeness (QED) is 0.869. The Morgan fingerprint density at radius 1 is 1.19 bits per heavy atom. The third-order valence-electron chi connectivity index (χ3n) is 2.72. The summed E-state index contributed by atoms with van der Waals surface area (Å²) in [4.78, 5) is 14.7. The molecular formula is C14H9ClF3NO2. The number of carboxylic acid groups (broad SMARTS) is 1. The van der Waals surface area contributed by atoms with E-state index in [1.165, 1.54) is 24.3 Å². The number of hydrogen-bond donors (Lipinski definition) is 1. The molecule has 0 fully saturated rings. The molecule has 110 valence electrons. The first-order valence-electron chi connectivity index (χ1n) is 5.81. The van der Waals surface area contributed by atoms with Crippen molar-refractivity contribution in [1.82, 2.24) is 4.98 Å². The van der Waals surface area contributed by atoms with Crippen molar-refractivity contribution >= 4 is 17.6 Å². The van der Waals surface area contributed by atoms with Gasteiger partial charge in [0.15, 0.2) is 0 Å². The number of aromatic nitrogens is 1. The van der Waals surface area contributed by atoms with Crippen molar-refractivity contribution in [3.8, 4) is 11.3 Å². The first-order valence-corrected chi connectivity index (χ1v) is 6.19. The molecule has 0 aliphatic heterocycles. The summed E-state index contributed by atoms with van der Waals surface area (Å²) in [6, 6.07) is 7.31. The Bertz CT molecular complexity index is 669. The van der Waals surface area contributed by atoms with Crippen LogP contribution in [-0.2, 0) is 17.4 Å². The van der Waals surface area contributed by atoms with Gasteiger partial charge < -0.3 is 5.11 Å². The molecule has 1 aromatic carbocycles. The Labute approximate surface area is 123 Å². The molecular weight excluding hydrogens is 307 g/mol. The van der Waals surface area contributed by atoms with E-state index in [0.717, 1.165) is 12.1 Å². The average Bonchev–Trinajstić information content (AvgIpc) is 2.36. The van der Waals surface area contributed by atoms with Gasteiger partial charge >= 0.3 is 12.1 Å². The van der Waals surface area contributed by atoms with Crippen LogP contribution >= 0.6 is 11.6 Å². The van der Waals surface area contributed by atoms with E-state index in [4.69, 9.17) is 16.7 Å². The molecule has 0 spiro atoms. The molecule has 0 bridgehead atoms. The number of carbonyl (C=O) groups is 1. The van der Waals surface area contributed by atoms with E-state index in [0.29, 0.717) is 16.8 Å². The maximum Gasteiger partial charge on any atom is 0.416 e. The monoisotopic (exact) mass is 315 g/mol. The largest absolute Gasteiger partial charge is 0.481 e. The van der Waals surface area contributed by atoms with Crippen LogP contribution in [0.2, 0.25) is 5.15 Å². The van der Waals surface area contributed by atoms with E-state index in [2.05, 4.69) is 4.98 Å². The predicted octanol–water partition coefficient (Wildman–Crippen LogP) is 4.05. The standard InChI is InChI=1S/C14H9ClF3NO2/c15-12-6-8(7-13(20)21)5-11(19-12)9-1-3-10(4-2-9)14(16,17)18/h1-6H,7H2,(H,20,21). The smallest absolute Gasteiger partial charge is 0.416 e. The maximum absolute atomic E-state index is 12.5. The SMILES string of the molecule is O=C(O)Cc1cc(Cl)nc(-c2ccc(C(F)(F)F)cc2)c1. The van der Waals surface area contributed by atoms with Crippen molar-refractivity contribution in [2.75, 3.05) is 0 Å². The van der Waals surface area contributed by atoms with Crippen LogP contribution in [0, 0.1) is 0 Å². The molecule has 2 rings (SSSR count). The molecule has 0 aliphatic carbocycles. The molecule has 3 nitrogen and oxygen atoms in total. The van der Waals surface area contributed by atoms with Crippen molar-refractivity contribution in [3.05, 3.63) is 52.7 Å². The number of benzene rings is 1. The third-order valence-corrected chi connectivity index (χ3v) is 2.91. The summed E-state index contributed by atoms with van der Waals surface area (Å²) in [5, 5.41) is 8.84. The van der Waals surface area contributed by atoms with Gasteiger partial charge in [0.25, 0.3) is 0 Å². The Hall–Kier alpha value is -2.08. The van der Waals surface area contributed by atoms with Crippen LogP contribution in [0.25, 0.3) is 11.3 Å². The van der Waals surface area contributed by atoms with Gasteiger partial charge in [0.1, 0.15) is 5.15 Å². The van der Waals surface area contributed by atoms with Gasteiger partial charge in [0.05, 0.1) is 17.7 Å². The molecule has 0 amide bonds. The fraction of sp³-hybridized carbons (Fsp3) is 0.143. The van der Waals surface area contributed by atoms with Crippen molar-refractivity contribution in [2.45, 2.75) is 12.6 Å². The topological polar surface area (TPSA) is 50.2 Å². The maximum atomic E-state index is 12.5. The van der Waals surface area contributed by atoms with Gasteiger partial charge in [-0.15, -0.1) is 0 Å². The highest BCUT2D eigenvalue weighted by molar-refractivity contribution is 6.29. The second-order valence-electron chi connectivity index (χ2n) is 4.33. The molecule has 0 aliphatic rings.